The van der Waals surface area contributed by atoms with Crippen molar-refractivity contribution in [2.75, 3.05) is 20.2 Å². The summed E-state index contributed by atoms with van der Waals surface area (Å²) in [5.41, 5.74) is 1.99. The second-order valence-electron chi connectivity index (χ2n) is 6.68. The van der Waals surface area contributed by atoms with Gasteiger partial charge in [-0.3, -0.25) is 14.9 Å². The number of likely N-dealkylation sites (tertiary alicyclic amines) is 1. The molecule has 1 saturated heterocycles. The molecule has 28 heavy (non-hydrogen) atoms. The minimum atomic E-state index is -0.0725. The monoisotopic (exact) mass is 378 g/mol. The molecule has 0 aliphatic carbocycles. The standard InChI is InChI=1S/C21H22N4O3/c1-27-20-7-3-2-6-17(20)18-13-19(24-23-18)21(26)25-12-4-5-16(14-25)28-15-8-10-22-11-9-15/h2-3,6-11,13,16H,4-5,12,14H2,1H3,(H,23,24). The van der Waals surface area contributed by atoms with Crippen molar-refractivity contribution in [1.29, 1.82) is 0 Å². The lowest BCUT2D eigenvalue weighted by molar-refractivity contribution is 0.0532. The van der Waals surface area contributed by atoms with Gasteiger partial charge in [0.25, 0.3) is 5.91 Å². The number of aromatic amines is 1. The van der Waals surface area contributed by atoms with Gasteiger partial charge in [0.1, 0.15) is 23.3 Å². The maximum atomic E-state index is 13.0. The second-order valence-corrected chi connectivity index (χ2v) is 6.68. The van der Waals surface area contributed by atoms with E-state index in [1.165, 1.54) is 0 Å². The number of amides is 1. The molecule has 0 saturated carbocycles. The molecule has 1 aliphatic rings. The first-order valence-corrected chi connectivity index (χ1v) is 9.29. The van der Waals surface area contributed by atoms with E-state index >= 15 is 0 Å². The van der Waals surface area contributed by atoms with Gasteiger partial charge in [0.05, 0.1) is 19.3 Å². The Labute approximate surface area is 163 Å². The number of ether oxygens (including phenoxy) is 2. The highest BCUT2D eigenvalue weighted by molar-refractivity contribution is 5.93. The van der Waals surface area contributed by atoms with Crippen LogP contribution in [-0.2, 0) is 0 Å². The van der Waals surface area contributed by atoms with Crippen molar-refractivity contribution in [1.82, 2.24) is 20.1 Å². The molecule has 1 unspecified atom stereocenters. The average Bonchev–Trinajstić information content (AvgIpc) is 3.24. The average molecular weight is 378 g/mol. The van der Waals surface area contributed by atoms with Crippen LogP contribution in [0.15, 0.2) is 54.9 Å². The first-order valence-electron chi connectivity index (χ1n) is 9.29. The maximum absolute atomic E-state index is 13.0. The number of piperidine rings is 1. The Balaban J connectivity index is 1.46. The fraction of sp³-hybridized carbons (Fsp3) is 0.286. The molecule has 0 radical (unpaired) electrons. The predicted octanol–water partition coefficient (Wildman–Crippen LogP) is 3.16. The van der Waals surface area contributed by atoms with Crippen molar-refractivity contribution in [2.45, 2.75) is 18.9 Å². The summed E-state index contributed by atoms with van der Waals surface area (Å²) in [7, 11) is 1.62. The van der Waals surface area contributed by atoms with Crippen molar-refractivity contribution < 1.29 is 14.3 Å². The number of hydrogen-bond acceptors (Lipinski definition) is 5. The Hall–Kier alpha value is -3.35. The molecule has 3 aromatic rings. The zero-order chi connectivity index (χ0) is 19.3. The van der Waals surface area contributed by atoms with E-state index in [0.717, 1.165) is 29.9 Å². The van der Waals surface area contributed by atoms with Crippen LogP contribution >= 0.6 is 0 Å². The number of carbonyl (C=O) groups excluding carboxylic acids is 1. The lowest BCUT2D eigenvalue weighted by Gasteiger charge is -2.32. The van der Waals surface area contributed by atoms with E-state index in [2.05, 4.69) is 15.2 Å². The largest absolute Gasteiger partial charge is 0.496 e. The smallest absolute Gasteiger partial charge is 0.272 e. The highest BCUT2D eigenvalue weighted by Crippen LogP contribution is 2.28. The Bertz CT molecular complexity index is 942. The molecule has 0 bridgehead atoms. The maximum Gasteiger partial charge on any atom is 0.272 e. The van der Waals surface area contributed by atoms with Crippen LogP contribution in [-0.4, -0.2) is 52.3 Å². The Morgan fingerprint density at radius 1 is 1.21 bits per heavy atom. The van der Waals surface area contributed by atoms with E-state index in [0.29, 0.717) is 24.5 Å². The van der Waals surface area contributed by atoms with Gasteiger partial charge in [-0.15, -0.1) is 0 Å². The number of nitrogens with one attached hydrogen (secondary N) is 1. The highest BCUT2D eigenvalue weighted by atomic mass is 16.5. The molecule has 1 atom stereocenters. The number of aromatic nitrogens is 3. The molecule has 1 fully saturated rings. The lowest BCUT2D eigenvalue weighted by Crippen LogP contribution is -2.44. The number of nitrogens with zero attached hydrogens (tertiary/aromatic N) is 3. The molecular weight excluding hydrogens is 356 g/mol. The van der Waals surface area contributed by atoms with Gasteiger partial charge < -0.3 is 14.4 Å². The number of pyridine rings is 1. The van der Waals surface area contributed by atoms with Crippen LogP contribution < -0.4 is 9.47 Å². The van der Waals surface area contributed by atoms with Crippen molar-refractivity contribution in [3.05, 3.63) is 60.6 Å². The molecule has 4 rings (SSSR count). The number of rotatable bonds is 5. The van der Waals surface area contributed by atoms with Gasteiger partial charge in [-0.2, -0.15) is 5.10 Å². The van der Waals surface area contributed by atoms with Crippen LogP contribution in [0, 0.1) is 0 Å². The van der Waals surface area contributed by atoms with E-state index in [1.807, 2.05) is 41.3 Å². The van der Waals surface area contributed by atoms with Crippen molar-refractivity contribution in [3.8, 4) is 22.8 Å². The summed E-state index contributed by atoms with van der Waals surface area (Å²) in [5, 5.41) is 7.18. The van der Waals surface area contributed by atoms with Crippen LogP contribution in [0.2, 0.25) is 0 Å². The van der Waals surface area contributed by atoms with Crippen LogP contribution in [0.25, 0.3) is 11.3 Å². The lowest BCUT2D eigenvalue weighted by atomic mass is 10.1. The number of carbonyl (C=O) groups is 1. The van der Waals surface area contributed by atoms with E-state index in [4.69, 9.17) is 9.47 Å². The summed E-state index contributed by atoms with van der Waals surface area (Å²) in [6, 6.07) is 13.0. The van der Waals surface area contributed by atoms with Gasteiger partial charge in [-0.25, -0.2) is 0 Å². The predicted molar refractivity (Wildman–Crippen MR) is 104 cm³/mol. The third-order valence-corrected chi connectivity index (χ3v) is 4.81. The molecule has 1 aliphatic heterocycles. The summed E-state index contributed by atoms with van der Waals surface area (Å²) in [6.45, 7) is 1.25. The van der Waals surface area contributed by atoms with E-state index in [1.54, 1.807) is 25.6 Å². The number of hydrogen-bond donors (Lipinski definition) is 1. The third-order valence-electron chi connectivity index (χ3n) is 4.81. The molecule has 1 amide bonds. The van der Waals surface area contributed by atoms with Gasteiger partial charge >= 0.3 is 0 Å². The quantitative estimate of drug-likeness (QED) is 0.738. The Morgan fingerprint density at radius 3 is 2.86 bits per heavy atom. The molecule has 2 aromatic heterocycles. The highest BCUT2D eigenvalue weighted by Gasteiger charge is 2.27. The van der Waals surface area contributed by atoms with Crippen LogP contribution in [0.1, 0.15) is 23.3 Å². The number of para-hydroxylation sites is 1. The van der Waals surface area contributed by atoms with Gasteiger partial charge in [-0.1, -0.05) is 12.1 Å². The summed E-state index contributed by atoms with van der Waals surface area (Å²) in [6.07, 6.45) is 5.18. The number of benzene rings is 1. The first kappa shape index (κ1) is 18.0. The van der Waals surface area contributed by atoms with Crippen molar-refractivity contribution >= 4 is 5.91 Å². The van der Waals surface area contributed by atoms with Crippen molar-refractivity contribution in [3.63, 3.8) is 0 Å². The number of methoxy groups -OCH3 is 1. The van der Waals surface area contributed by atoms with E-state index in [9.17, 15) is 4.79 Å². The molecule has 3 heterocycles. The topological polar surface area (TPSA) is 80.3 Å². The fourth-order valence-corrected chi connectivity index (χ4v) is 3.42. The molecular formula is C21H22N4O3. The minimum Gasteiger partial charge on any atom is -0.496 e. The fourth-order valence-electron chi connectivity index (χ4n) is 3.42. The first-order chi connectivity index (χ1) is 13.7. The molecule has 144 valence electrons. The van der Waals surface area contributed by atoms with Crippen molar-refractivity contribution in [2.24, 2.45) is 0 Å². The van der Waals surface area contributed by atoms with Crippen LogP contribution in [0.3, 0.4) is 0 Å². The van der Waals surface area contributed by atoms with Crippen LogP contribution in [0.4, 0.5) is 0 Å². The van der Waals surface area contributed by atoms with E-state index in [-0.39, 0.29) is 12.0 Å². The third kappa shape index (κ3) is 3.83. The van der Waals surface area contributed by atoms with Gasteiger partial charge in [-0.05, 0) is 43.2 Å². The molecule has 7 nitrogen and oxygen atoms in total. The van der Waals surface area contributed by atoms with Gasteiger partial charge in [0.2, 0.25) is 0 Å². The molecule has 7 heteroatoms. The Morgan fingerprint density at radius 2 is 2.04 bits per heavy atom. The summed E-state index contributed by atoms with van der Waals surface area (Å²) in [4.78, 5) is 18.8. The zero-order valence-electron chi connectivity index (χ0n) is 15.7. The Kier molecular flexibility index (Phi) is 5.23. The second kappa shape index (κ2) is 8.12. The normalized spacial score (nSPS) is 16.6. The summed E-state index contributed by atoms with van der Waals surface area (Å²) < 4.78 is 11.4. The van der Waals surface area contributed by atoms with E-state index < -0.39 is 0 Å². The minimum absolute atomic E-state index is 0.0308. The summed E-state index contributed by atoms with van der Waals surface area (Å²) >= 11 is 0. The molecule has 1 aromatic carbocycles. The SMILES string of the molecule is COc1ccccc1-c1cc(C(=O)N2CCCC(Oc3ccncc3)C2)[nH]n1. The van der Waals surface area contributed by atoms with Gasteiger partial charge in [0.15, 0.2) is 0 Å². The molecule has 0 spiro atoms. The zero-order valence-corrected chi connectivity index (χ0v) is 15.7. The molecule has 1 N–H and O–H groups in total. The van der Waals surface area contributed by atoms with Crippen LogP contribution in [0.5, 0.6) is 11.5 Å². The number of H-pyrrole nitrogens is 1. The summed E-state index contributed by atoms with van der Waals surface area (Å²) in [5.74, 6) is 1.42. The van der Waals surface area contributed by atoms with Gasteiger partial charge in [0, 0.05) is 24.5 Å².